The lowest BCUT2D eigenvalue weighted by Crippen LogP contribution is -2.36. The average molecular weight is 746 g/mol. The number of imidazole rings is 2. The van der Waals surface area contributed by atoms with E-state index < -0.39 is 69.5 Å². The number of aromatic nitrogens is 8. The molecule has 4 aromatic rings. The number of nitrogen functional groups attached to an aromatic ring is 2. The Hall–Kier alpha value is -2.52. The highest BCUT2D eigenvalue weighted by molar-refractivity contribution is 8.55. The Morgan fingerprint density at radius 1 is 0.938 bits per heavy atom. The molecule has 2 aliphatic heterocycles. The summed E-state index contributed by atoms with van der Waals surface area (Å²) in [5.74, 6) is 2.05. The molecule has 48 heavy (non-hydrogen) atoms. The molecule has 1 unspecified atom stereocenters. The van der Waals surface area contributed by atoms with Crippen LogP contribution in [0.15, 0.2) is 25.3 Å². The van der Waals surface area contributed by atoms with Gasteiger partial charge in [0.05, 0.1) is 31.5 Å². The van der Waals surface area contributed by atoms with Crippen molar-refractivity contribution in [3.05, 3.63) is 25.3 Å². The first-order valence-corrected chi connectivity index (χ1v) is 20.1. The van der Waals surface area contributed by atoms with Crippen LogP contribution in [-0.2, 0) is 27.6 Å². The van der Waals surface area contributed by atoms with Crippen LogP contribution < -0.4 is 11.5 Å². The average Bonchev–Trinajstić information content (AvgIpc) is 3.81. The lowest BCUT2D eigenvalue weighted by molar-refractivity contribution is -0.0514. The summed E-state index contributed by atoms with van der Waals surface area (Å²) in [6, 6.07) is 0. The van der Waals surface area contributed by atoms with Crippen LogP contribution in [0.3, 0.4) is 0 Å². The maximum atomic E-state index is 14.4. The Kier molecular flexibility index (Phi) is 10.6. The van der Waals surface area contributed by atoms with Crippen LogP contribution >= 0.6 is 37.4 Å². The van der Waals surface area contributed by atoms with E-state index >= 15 is 0 Å². The third kappa shape index (κ3) is 6.92. The van der Waals surface area contributed by atoms with Crippen molar-refractivity contribution in [1.82, 2.24) is 39.0 Å². The standard InChI is InChI=1S/C25H35N10O9P2S2/c1-4-45(47)40-5-13-19(18(38)25(43-13)35-10-33-15-21(27)29-8-31-23(15)35)44-46(39,48-11(2)3)41-6-12-16(36)17(37)24(42-12)34-9-32-14-20(26)28-7-30-22(14)34/h4,7-13,16-19,24-25,36-38,47H,5-6H2,1-3H3,(H2,26,28,30)(H2,27,29,31)/q+1/t12-,13-,16-,17-,18-,19-,24-,25-,46+/m1/s1. The summed E-state index contributed by atoms with van der Waals surface area (Å²) < 4.78 is 47.3. The maximum Gasteiger partial charge on any atom is 0.389 e. The molecule has 0 amide bonds. The number of fused-ring (bicyclic) bond motifs is 2. The molecule has 0 aliphatic carbocycles. The number of hydrogen-bond donors (Lipinski definition) is 6. The second kappa shape index (κ2) is 14.4. The van der Waals surface area contributed by atoms with E-state index in [1.54, 1.807) is 26.6 Å². The van der Waals surface area contributed by atoms with Crippen molar-refractivity contribution in [3.8, 4) is 0 Å². The van der Waals surface area contributed by atoms with Crippen LogP contribution in [0.5, 0.6) is 0 Å². The molecule has 4 aromatic heterocycles. The fraction of sp³-hybridized carbons (Fsp3) is 0.560. The van der Waals surface area contributed by atoms with Gasteiger partial charge in [-0.05, 0) is 18.3 Å². The number of ether oxygens (including phenoxy) is 2. The molecule has 0 saturated carbocycles. The third-order valence-corrected chi connectivity index (χ3v) is 13.7. The minimum Gasteiger partial charge on any atom is -0.387 e. The molecule has 0 bridgehead atoms. The number of rotatable bonds is 12. The molecule has 2 saturated heterocycles. The van der Waals surface area contributed by atoms with Crippen LogP contribution in [0.4, 0.5) is 11.6 Å². The summed E-state index contributed by atoms with van der Waals surface area (Å²) in [6.45, 7) is -0.496. The van der Waals surface area contributed by atoms with Crippen molar-refractivity contribution >= 4 is 77.2 Å². The Morgan fingerprint density at radius 3 is 2.06 bits per heavy atom. The highest BCUT2D eigenvalue weighted by atomic mass is 32.7. The Labute approximate surface area is 283 Å². The molecule has 0 radical (unpaired) electrons. The van der Waals surface area contributed by atoms with Crippen LogP contribution in [0, 0.1) is 0 Å². The second-order valence-electron chi connectivity index (χ2n) is 11.1. The van der Waals surface area contributed by atoms with E-state index in [2.05, 4.69) is 42.2 Å². The van der Waals surface area contributed by atoms with Gasteiger partial charge in [0.15, 0.2) is 35.4 Å². The molecule has 6 heterocycles. The van der Waals surface area contributed by atoms with Gasteiger partial charge in [0.25, 0.3) is 0 Å². The summed E-state index contributed by atoms with van der Waals surface area (Å²) in [7, 11) is 0. The van der Waals surface area contributed by atoms with Gasteiger partial charge in [-0.1, -0.05) is 13.8 Å². The lowest BCUT2D eigenvalue weighted by Gasteiger charge is -2.27. The van der Waals surface area contributed by atoms with E-state index in [9.17, 15) is 19.9 Å². The number of hydrogen-bond acceptors (Lipinski definition) is 19. The van der Waals surface area contributed by atoms with Gasteiger partial charge in [-0.2, -0.15) is 4.52 Å². The third-order valence-electron chi connectivity index (χ3n) is 7.55. The fourth-order valence-corrected chi connectivity index (χ4v) is 9.89. The molecular formula is C25H35N10O9P2S2+. The zero-order valence-electron chi connectivity index (χ0n) is 25.8. The quantitative estimate of drug-likeness (QED) is 0.0885. The number of thiol groups is 1. The molecule has 19 nitrogen and oxygen atoms in total. The largest absolute Gasteiger partial charge is 0.389 e. The first-order valence-electron chi connectivity index (χ1n) is 14.6. The first-order chi connectivity index (χ1) is 22.9. The molecule has 0 spiro atoms. The summed E-state index contributed by atoms with van der Waals surface area (Å²) >= 11 is 5.30. The zero-order valence-corrected chi connectivity index (χ0v) is 29.3. The number of nitrogens with zero attached hydrogens (tertiary/aromatic N) is 8. The predicted molar refractivity (Wildman–Crippen MR) is 180 cm³/mol. The van der Waals surface area contributed by atoms with Crippen molar-refractivity contribution in [2.45, 2.75) is 75.1 Å². The molecule has 6 rings (SSSR count). The second-order valence-corrected chi connectivity index (χ2v) is 18.1. The Balaban J connectivity index is 1.23. The summed E-state index contributed by atoms with van der Waals surface area (Å²) in [5.41, 5.74) is 13.0. The topological polar surface area (TPSA) is 263 Å². The molecule has 0 aromatic carbocycles. The molecule has 23 heteroatoms. The number of anilines is 2. The smallest absolute Gasteiger partial charge is 0.387 e. The van der Waals surface area contributed by atoms with Gasteiger partial charge in [-0.3, -0.25) is 18.2 Å². The predicted octanol–water partition coefficient (Wildman–Crippen LogP) is 1.44. The van der Waals surface area contributed by atoms with Gasteiger partial charge in [-0.15, -0.1) is 0 Å². The highest BCUT2D eigenvalue weighted by Gasteiger charge is 2.51. The van der Waals surface area contributed by atoms with Crippen molar-refractivity contribution in [2.75, 3.05) is 24.7 Å². The Bertz CT molecular complexity index is 1850. The molecule has 10 atom stereocenters. The summed E-state index contributed by atoms with van der Waals surface area (Å²) in [4.78, 5) is 24.7. The van der Waals surface area contributed by atoms with E-state index in [1.807, 2.05) is 0 Å². The van der Waals surface area contributed by atoms with Crippen molar-refractivity contribution in [1.29, 1.82) is 0 Å². The van der Waals surface area contributed by atoms with Crippen LogP contribution in [-0.4, -0.2) is 115 Å². The van der Waals surface area contributed by atoms with Gasteiger partial charge >= 0.3 is 13.8 Å². The summed E-state index contributed by atoms with van der Waals surface area (Å²) in [5, 5.41) is 33.1. The highest BCUT2D eigenvalue weighted by Crippen LogP contribution is 2.64. The van der Waals surface area contributed by atoms with Crippen LogP contribution in [0.2, 0.25) is 0 Å². The van der Waals surface area contributed by atoms with Gasteiger partial charge in [0.2, 0.25) is 0 Å². The van der Waals surface area contributed by atoms with Crippen LogP contribution in [0.25, 0.3) is 22.3 Å². The molecule has 2 fully saturated rings. The lowest BCUT2D eigenvalue weighted by atomic mass is 10.1. The number of nitrogens with two attached hydrogens (primary N) is 2. The fourth-order valence-electron chi connectivity index (χ4n) is 5.30. The van der Waals surface area contributed by atoms with Gasteiger partial charge < -0.3 is 36.3 Å². The zero-order chi connectivity index (χ0) is 34.3. The van der Waals surface area contributed by atoms with E-state index in [0.29, 0.717) is 16.7 Å². The monoisotopic (exact) mass is 745 g/mol. The normalized spacial score (nSPS) is 29.4. The SMILES string of the molecule is CC=[P+](S)OC[C@H]1O[C@@H](n2cnc3c(N)ncnc32)[C@H](O)[C@@H]1O[P@](=O)(OC[C@H]1O[C@@H](n2cnc3c(N)ncnc32)[C@H](O)[C@@H]1O)SC(C)C. The number of aliphatic hydroxyl groups is 3. The van der Waals surface area contributed by atoms with Crippen molar-refractivity contribution in [3.63, 3.8) is 0 Å². The molecule has 2 aliphatic rings. The summed E-state index contributed by atoms with van der Waals surface area (Å²) in [6.07, 6.45) is -4.52. The molecular weight excluding hydrogens is 710 g/mol. The van der Waals surface area contributed by atoms with Gasteiger partial charge in [-0.25, -0.2) is 34.5 Å². The van der Waals surface area contributed by atoms with Crippen molar-refractivity contribution in [2.24, 2.45) is 0 Å². The van der Waals surface area contributed by atoms with E-state index in [0.717, 1.165) is 11.4 Å². The van der Waals surface area contributed by atoms with E-state index in [1.165, 1.54) is 34.4 Å². The van der Waals surface area contributed by atoms with E-state index in [-0.39, 0.29) is 29.1 Å². The number of aliphatic hydroxyl groups excluding tert-OH is 3. The van der Waals surface area contributed by atoms with E-state index in [4.69, 9.17) is 34.5 Å². The van der Waals surface area contributed by atoms with Crippen LogP contribution in [0.1, 0.15) is 33.2 Å². The molecule has 260 valence electrons. The maximum absolute atomic E-state index is 14.4. The van der Waals surface area contributed by atoms with Crippen molar-refractivity contribution < 1.29 is 42.9 Å². The Morgan fingerprint density at radius 2 is 1.50 bits per heavy atom. The molecule has 7 N–H and O–H groups in total. The van der Waals surface area contributed by atoms with Gasteiger partial charge in [0.1, 0.15) is 72.7 Å². The first kappa shape index (κ1) is 35.3. The minimum absolute atomic E-state index is 0.0703. The minimum atomic E-state index is -4.14. The van der Waals surface area contributed by atoms with Gasteiger partial charge in [0, 0.05) is 5.25 Å².